The number of aromatic nitrogens is 2. The number of carbonyl (C=O) groups excluding carboxylic acids is 1. The Morgan fingerprint density at radius 2 is 2.16 bits per heavy atom. The Kier molecular flexibility index (Phi) is 5.11. The SMILES string of the molecule is Cc1cc(OCc2csc(C(=O)Nc3cn(C)nc3C)c2)ccc1Cl. The molecule has 1 N–H and O–H groups in total. The van der Waals surface area contributed by atoms with Crippen molar-refractivity contribution < 1.29 is 9.53 Å². The zero-order chi connectivity index (χ0) is 18.0. The van der Waals surface area contributed by atoms with Crippen molar-refractivity contribution in [3.63, 3.8) is 0 Å². The summed E-state index contributed by atoms with van der Waals surface area (Å²) < 4.78 is 7.44. The summed E-state index contributed by atoms with van der Waals surface area (Å²) in [5.74, 6) is 0.611. The lowest BCUT2D eigenvalue weighted by atomic mass is 10.2. The number of aryl methyl sites for hydroxylation is 3. The molecule has 0 saturated carbocycles. The molecule has 1 amide bonds. The van der Waals surface area contributed by atoms with Gasteiger partial charge in [0.2, 0.25) is 0 Å². The van der Waals surface area contributed by atoms with Gasteiger partial charge in [-0.15, -0.1) is 11.3 Å². The van der Waals surface area contributed by atoms with Crippen LogP contribution in [0.2, 0.25) is 5.02 Å². The van der Waals surface area contributed by atoms with Gasteiger partial charge >= 0.3 is 0 Å². The summed E-state index contributed by atoms with van der Waals surface area (Å²) in [4.78, 5) is 13.0. The number of amides is 1. The smallest absolute Gasteiger partial charge is 0.265 e. The lowest BCUT2D eigenvalue weighted by molar-refractivity contribution is 0.103. The number of halogens is 1. The van der Waals surface area contributed by atoms with Gasteiger partial charge in [0.25, 0.3) is 5.91 Å². The monoisotopic (exact) mass is 375 g/mol. The number of rotatable bonds is 5. The van der Waals surface area contributed by atoms with Gasteiger partial charge in [0.05, 0.1) is 16.3 Å². The molecule has 0 aliphatic carbocycles. The molecule has 2 heterocycles. The van der Waals surface area contributed by atoms with Gasteiger partial charge in [-0.05, 0) is 49.1 Å². The molecule has 0 radical (unpaired) electrons. The summed E-state index contributed by atoms with van der Waals surface area (Å²) in [7, 11) is 1.82. The van der Waals surface area contributed by atoms with E-state index in [1.54, 1.807) is 10.9 Å². The highest BCUT2D eigenvalue weighted by atomic mass is 35.5. The molecule has 0 bridgehead atoms. The second-order valence-electron chi connectivity index (χ2n) is 5.77. The third-order valence-electron chi connectivity index (χ3n) is 3.67. The van der Waals surface area contributed by atoms with E-state index in [1.165, 1.54) is 11.3 Å². The molecule has 1 aromatic carbocycles. The molecule has 5 nitrogen and oxygen atoms in total. The Bertz CT molecular complexity index is 917. The van der Waals surface area contributed by atoms with Crippen LogP contribution in [0.1, 0.15) is 26.5 Å². The highest BCUT2D eigenvalue weighted by Gasteiger charge is 2.12. The number of benzene rings is 1. The Morgan fingerprint density at radius 3 is 2.84 bits per heavy atom. The van der Waals surface area contributed by atoms with Crippen LogP contribution in [-0.2, 0) is 13.7 Å². The van der Waals surface area contributed by atoms with E-state index in [0.717, 1.165) is 28.3 Å². The number of thiophene rings is 1. The molecule has 0 aliphatic rings. The summed E-state index contributed by atoms with van der Waals surface area (Å²) in [5, 5.41) is 9.74. The molecule has 0 saturated heterocycles. The number of nitrogens with one attached hydrogen (secondary N) is 1. The summed E-state index contributed by atoms with van der Waals surface area (Å²) in [6.07, 6.45) is 1.79. The van der Waals surface area contributed by atoms with Gasteiger partial charge in [0.15, 0.2) is 0 Å². The van der Waals surface area contributed by atoms with Gasteiger partial charge in [0, 0.05) is 23.8 Å². The Hall–Kier alpha value is -2.31. The van der Waals surface area contributed by atoms with E-state index in [9.17, 15) is 4.79 Å². The summed E-state index contributed by atoms with van der Waals surface area (Å²) in [6.45, 7) is 4.19. The van der Waals surface area contributed by atoms with Crippen LogP contribution < -0.4 is 10.1 Å². The number of ether oxygens (including phenoxy) is 1. The number of hydrogen-bond acceptors (Lipinski definition) is 4. The molecule has 7 heteroatoms. The minimum absolute atomic E-state index is 0.144. The molecule has 0 atom stereocenters. The quantitative estimate of drug-likeness (QED) is 0.709. The lowest BCUT2D eigenvalue weighted by Crippen LogP contribution is -2.10. The maximum atomic E-state index is 12.4. The fourth-order valence-corrected chi connectivity index (χ4v) is 3.26. The van der Waals surface area contributed by atoms with Crippen LogP contribution in [0, 0.1) is 13.8 Å². The topological polar surface area (TPSA) is 56.1 Å². The molecular formula is C18H18ClN3O2S. The predicted octanol–water partition coefficient (Wildman–Crippen LogP) is 4.58. The average molecular weight is 376 g/mol. The van der Waals surface area contributed by atoms with E-state index in [1.807, 2.05) is 50.5 Å². The minimum atomic E-state index is -0.144. The number of carbonyl (C=O) groups is 1. The predicted molar refractivity (Wildman–Crippen MR) is 101 cm³/mol. The van der Waals surface area contributed by atoms with Gasteiger partial charge in [-0.1, -0.05) is 11.6 Å². The van der Waals surface area contributed by atoms with Gasteiger partial charge in [-0.3, -0.25) is 9.48 Å². The molecule has 2 aromatic heterocycles. The third kappa shape index (κ3) is 4.21. The summed E-state index contributed by atoms with van der Waals surface area (Å²) in [5.41, 5.74) is 3.42. The molecular weight excluding hydrogens is 358 g/mol. The van der Waals surface area contributed by atoms with Crippen molar-refractivity contribution in [2.24, 2.45) is 7.05 Å². The first-order valence-corrected chi connectivity index (χ1v) is 8.96. The number of hydrogen-bond donors (Lipinski definition) is 1. The highest BCUT2D eigenvalue weighted by Crippen LogP contribution is 2.23. The van der Waals surface area contributed by atoms with Crippen molar-refractivity contribution in [2.45, 2.75) is 20.5 Å². The first-order chi connectivity index (χ1) is 11.9. The molecule has 0 spiro atoms. The van der Waals surface area contributed by atoms with E-state index in [2.05, 4.69) is 10.4 Å². The molecule has 0 unspecified atom stereocenters. The van der Waals surface area contributed by atoms with Crippen LogP contribution in [0.3, 0.4) is 0 Å². The van der Waals surface area contributed by atoms with Gasteiger partial charge in [-0.2, -0.15) is 5.10 Å². The van der Waals surface area contributed by atoms with Crippen molar-refractivity contribution in [3.8, 4) is 5.75 Å². The molecule has 25 heavy (non-hydrogen) atoms. The lowest BCUT2D eigenvalue weighted by Gasteiger charge is -2.06. The van der Waals surface area contributed by atoms with Crippen LogP contribution >= 0.6 is 22.9 Å². The van der Waals surface area contributed by atoms with Crippen LogP contribution in [0.4, 0.5) is 5.69 Å². The second-order valence-corrected chi connectivity index (χ2v) is 7.09. The van der Waals surface area contributed by atoms with Crippen molar-refractivity contribution >= 4 is 34.5 Å². The maximum Gasteiger partial charge on any atom is 0.265 e. The Morgan fingerprint density at radius 1 is 1.36 bits per heavy atom. The normalized spacial score (nSPS) is 10.7. The Balaban J connectivity index is 1.62. The van der Waals surface area contributed by atoms with Gasteiger partial charge in [0.1, 0.15) is 12.4 Å². The van der Waals surface area contributed by atoms with Gasteiger partial charge in [-0.25, -0.2) is 0 Å². The van der Waals surface area contributed by atoms with E-state index >= 15 is 0 Å². The van der Waals surface area contributed by atoms with Crippen molar-refractivity contribution in [1.29, 1.82) is 0 Å². The average Bonchev–Trinajstić information content (AvgIpc) is 3.15. The van der Waals surface area contributed by atoms with Crippen LogP contribution in [0.15, 0.2) is 35.8 Å². The van der Waals surface area contributed by atoms with E-state index in [4.69, 9.17) is 16.3 Å². The van der Waals surface area contributed by atoms with Crippen molar-refractivity contribution in [1.82, 2.24) is 9.78 Å². The molecule has 130 valence electrons. The second kappa shape index (κ2) is 7.29. The fourth-order valence-electron chi connectivity index (χ4n) is 2.35. The number of nitrogens with zero attached hydrogens (tertiary/aromatic N) is 2. The van der Waals surface area contributed by atoms with E-state index in [0.29, 0.717) is 16.5 Å². The molecule has 0 fully saturated rings. The van der Waals surface area contributed by atoms with Gasteiger partial charge < -0.3 is 10.1 Å². The maximum absolute atomic E-state index is 12.4. The Labute approximate surface area is 155 Å². The van der Waals surface area contributed by atoms with Crippen LogP contribution in [-0.4, -0.2) is 15.7 Å². The van der Waals surface area contributed by atoms with E-state index < -0.39 is 0 Å². The van der Waals surface area contributed by atoms with E-state index in [-0.39, 0.29) is 5.91 Å². The fraction of sp³-hybridized carbons (Fsp3) is 0.222. The third-order valence-corrected chi connectivity index (χ3v) is 5.08. The molecule has 0 aliphatic heterocycles. The van der Waals surface area contributed by atoms with Crippen molar-refractivity contribution in [2.75, 3.05) is 5.32 Å². The molecule has 3 aromatic rings. The summed E-state index contributed by atoms with van der Waals surface area (Å²) >= 11 is 7.40. The zero-order valence-electron chi connectivity index (χ0n) is 14.2. The zero-order valence-corrected chi connectivity index (χ0v) is 15.7. The summed E-state index contributed by atoms with van der Waals surface area (Å²) in [6, 6.07) is 7.39. The van der Waals surface area contributed by atoms with Crippen LogP contribution in [0.5, 0.6) is 5.75 Å². The first-order valence-electron chi connectivity index (χ1n) is 7.70. The highest BCUT2D eigenvalue weighted by molar-refractivity contribution is 7.12. The standard InChI is InChI=1S/C18H18ClN3O2S/c1-11-6-14(4-5-15(11)19)24-9-13-7-17(25-10-13)18(23)20-16-8-22(3)21-12(16)2/h4-8,10H,9H2,1-3H3,(H,20,23). The number of anilines is 1. The largest absolute Gasteiger partial charge is 0.489 e. The van der Waals surface area contributed by atoms with Crippen LogP contribution in [0.25, 0.3) is 0 Å². The van der Waals surface area contributed by atoms with Crippen molar-refractivity contribution in [3.05, 3.63) is 62.6 Å². The minimum Gasteiger partial charge on any atom is -0.489 e. The first kappa shape index (κ1) is 17.5. The molecule has 3 rings (SSSR count).